The highest BCUT2D eigenvalue weighted by atomic mass is 79.9. The minimum atomic E-state index is -0.332. The van der Waals surface area contributed by atoms with Crippen molar-refractivity contribution in [1.29, 1.82) is 0 Å². The summed E-state index contributed by atoms with van der Waals surface area (Å²) in [7, 11) is 2.04. The second-order valence-corrected chi connectivity index (χ2v) is 4.90. The average molecular weight is 290 g/mol. The molecule has 0 atom stereocenters. The number of hydrogen-bond acceptors (Lipinski definition) is 3. The van der Waals surface area contributed by atoms with Crippen molar-refractivity contribution in [3.05, 3.63) is 22.6 Å². The molecule has 1 N–H and O–H groups in total. The van der Waals surface area contributed by atoms with Crippen molar-refractivity contribution in [3.63, 3.8) is 0 Å². The van der Waals surface area contributed by atoms with Gasteiger partial charge in [0.05, 0.1) is 0 Å². The fraction of sp³-hybridized carbons (Fsp3) is 0.545. The molecule has 0 aromatic carbocycles. The van der Waals surface area contributed by atoms with Crippen LogP contribution in [0.1, 0.15) is 13.8 Å². The highest BCUT2D eigenvalue weighted by Gasteiger charge is 2.05. The highest BCUT2D eigenvalue weighted by molar-refractivity contribution is 9.10. The second-order valence-electron chi connectivity index (χ2n) is 3.99. The van der Waals surface area contributed by atoms with E-state index in [0.29, 0.717) is 22.9 Å². The van der Waals surface area contributed by atoms with Gasteiger partial charge in [0.25, 0.3) is 0 Å². The van der Waals surface area contributed by atoms with E-state index in [0.717, 1.165) is 6.54 Å². The standard InChI is InChI=1S/C11H17BrFN3/c1-8(2)16(3)5-4-14-11-10(13)6-9(12)7-15-11/h6-8H,4-5H2,1-3H3,(H,14,15). The fourth-order valence-electron chi connectivity index (χ4n) is 1.15. The van der Waals surface area contributed by atoms with Crippen LogP contribution in [-0.4, -0.2) is 36.1 Å². The lowest BCUT2D eigenvalue weighted by molar-refractivity contribution is 0.284. The van der Waals surface area contributed by atoms with Crippen molar-refractivity contribution >= 4 is 21.7 Å². The Kier molecular flexibility index (Phi) is 5.15. The summed E-state index contributed by atoms with van der Waals surface area (Å²) >= 11 is 3.17. The first-order valence-corrected chi connectivity index (χ1v) is 6.05. The van der Waals surface area contributed by atoms with Crippen molar-refractivity contribution in [1.82, 2.24) is 9.88 Å². The molecule has 0 bridgehead atoms. The summed E-state index contributed by atoms with van der Waals surface area (Å²) in [6, 6.07) is 1.89. The normalized spacial score (nSPS) is 11.2. The summed E-state index contributed by atoms with van der Waals surface area (Å²) in [4.78, 5) is 6.15. The number of anilines is 1. The van der Waals surface area contributed by atoms with Crippen molar-refractivity contribution in [2.75, 3.05) is 25.5 Å². The first kappa shape index (κ1) is 13.4. The van der Waals surface area contributed by atoms with Gasteiger partial charge in [-0.3, -0.25) is 0 Å². The van der Waals surface area contributed by atoms with Crippen LogP contribution in [0.2, 0.25) is 0 Å². The fourth-order valence-corrected chi connectivity index (χ4v) is 1.46. The van der Waals surface area contributed by atoms with Crippen LogP contribution < -0.4 is 5.32 Å². The molecule has 0 spiro atoms. The third-order valence-electron chi connectivity index (χ3n) is 2.45. The Hall–Kier alpha value is -0.680. The predicted molar refractivity (Wildman–Crippen MR) is 68.2 cm³/mol. The first-order valence-electron chi connectivity index (χ1n) is 5.26. The maximum atomic E-state index is 13.4. The van der Waals surface area contributed by atoms with Gasteiger partial charge in [-0.1, -0.05) is 0 Å². The molecule has 1 aromatic heterocycles. The van der Waals surface area contributed by atoms with E-state index in [1.807, 2.05) is 7.05 Å². The smallest absolute Gasteiger partial charge is 0.166 e. The molecule has 1 aromatic rings. The number of nitrogens with one attached hydrogen (secondary N) is 1. The van der Waals surface area contributed by atoms with Gasteiger partial charge >= 0.3 is 0 Å². The lowest BCUT2D eigenvalue weighted by atomic mass is 10.3. The van der Waals surface area contributed by atoms with Crippen LogP contribution >= 0.6 is 15.9 Å². The average Bonchev–Trinajstić information content (AvgIpc) is 2.20. The number of likely N-dealkylation sites (N-methyl/N-ethyl adjacent to an activating group) is 1. The van der Waals surface area contributed by atoms with Crippen LogP contribution in [0.4, 0.5) is 10.2 Å². The number of rotatable bonds is 5. The van der Waals surface area contributed by atoms with Crippen molar-refractivity contribution in [2.24, 2.45) is 0 Å². The molecule has 0 amide bonds. The van der Waals surface area contributed by atoms with E-state index in [1.54, 1.807) is 6.20 Å². The molecule has 0 aliphatic rings. The minimum absolute atomic E-state index is 0.306. The summed E-state index contributed by atoms with van der Waals surface area (Å²) < 4.78 is 14.0. The van der Waals surface area contributed by atoms with E-state index in [9.17, 15) is 4.39 Å². The van der Waals surface area contributed by atoms with Crippen LogP contribution in [0.25, 0.3) is 0 Å². The largest absolute Gasteiger partial charge is 0.366 e. The Morgan fingerprint density at radius 2 is 2.25 bits per heavy atom. The molecule has 3 nitrogen and oxygen atoms in total. The lowest BCUT2D eigenvalue weighted by Crippen LogP contribution is -2.31. The number of nitrogens with zero attached hydrogens (tertiary/aromatic N) is 2. The third kappa shape index (κ3) is 4.06. The van der Waals surface area contributed by atoms with Gasteiger partial charge in [-0.15, -0.1) is 0 Å². The predicted octanol–water partition coefficient (Wildman–Crippen LogP) is 2.74. The zero-order chi connectivity index (χ0) is 12.1. The lowest BCUT2D eigenvalue weighted by Gasteiger charge is -2.21. The van der Waals surface area contributed by atoms with Gasteiger partial charge in [0, 0.05) is 29.8 Å². The molecule has 16 heavy (non-hydrogen) atoms. The first-order chi connectivity index (χ1) is 7.50. The summed E-state index contributed by atoms with van der Waals surface area (Å²) in [5, 5.41) is 2.98. The molecule has 0 radical (unpaired) electrons. The quantitative estimate of drug-likeness (QED) is 0.903. The Morgan fingerprint density at radius 1 is 1.56 bits per heavy atom. The number of aromatic nitrogens is 1. The van der Waals surface area contributed by atoms with E-state index in [4.69, 9.17) is 0 Å². The molecule has 1 rings (SSSR count). The molecule has 0 aliphatic carbocycles. The zero-order valence-corrected chi connectivity index (χ0v) is 11.4. The Morgan fingerprint density at radius 3 is 2.81 bits per heavy atom. The van der Waals surface area contributed by atoms with Gasteiger partial charge in [-0.2, -0.15) is 0 Å². The molecule has 0 saturated heterocycles. The Balaban J connectivity index is 2.43. The van der Waals surface area contributed by atoms with Crippen LogP contribution in [0.15, 0.2) is 16.7 Å². The van der Waals surface area contributed by atoms with Gasteiger partial charge < -0.3 is 10.2 Å². The summed E-state index contributed by atoms with van der Waals surface area (Å²) in [5.74, 6) is -0.0260. The van der Waals surface area contributed by atoms with Crippen LogP contribution in [0, 0.1) is 5.82 Å². The van der Waals surface area contributed by atoms with Crippen LogP contribution in [0.5, 0.6) is 0 Å². The zero-order valence-electron chi connectivity index (χ0n) is 9.80. The minimum Gasteiger partial charge on any atom is -0.366 e. The monoisotopic (exact) mass is 289 g/mol. The van der Waals surface area contributed by atoms with Gasteiger partial charge in [0.1, 0.15) is 0 Å². The summed E-state index contributed by atoms with van der Waals surface area (Å²) in [6.07, 6.45) is 1.58. The molecular weight excluding hydrogens is 273 g/mol. The highest BCUT2D eigenvalue weighted by Crippen LogP contribution is 2.15. The van der Waals surface area contributed by atoms with E-state index in [-0.39, 0.29) is 5.82 Å². The number of pyridine rings is 1. The summed E-state index contributed by atoms with van der Waals surface area (Å²) in [6.45, 7) is 5.78. The van der Waals surface area contributed by atoms with E-state index >= 15 is 0 Å². The van der Waals surface area contributed by atoms with Crippen molar-refractivity contribution in [2.45, 2.75) is 19.9 Å². The third-order valence-corrected chi connectivity index (χ3v) is 2.88. The molecule has 0 unspecified atom stereocenters. The SMILES string of the molecule is CC(C)N(C)CCNc1ncc(Br)cc1F. The van der Waals surface area contributed by atoms with E-state index in [1.165, 1.54) is 6.07 Å². The Bertz CT molecular complexity index is 344. The molecule has 0 aliphatic heterocycles. The van der Waals surface area contributed by atoms with E-state index in [2.05, 4.69) is 45.0 Å². The number of halogens is 2. The van der Waals surface area contributed by atoms with Crippen molar-refractivity contribution in [3.8, 4) is 0 Å². The van der Waals surface area contributed by atoms with Gasteiger partial charge in [-0.05, 0) is 42.9 Å². The van der Waals surface area contributed by atoms with Gasteiger partial charge in [0.2, 0.25) is 0 Å². The molecular formula is C11H17BrFN3. The summed E-state index contributed by atoms with van der Waals surface area (Å²) in [5.41, 5.74) is 0. The Labute approximate surface area is 104 Å². The molecule has 5 heteroatoms. The molecule has 1 heterocycles. The molecule has 0 saturated carbocycles. The maximum absolute atomic E-state index is 13.4. The van der Waals surface area contributed by atoms with Crippen LogP contribution in [-0.2, 0) is 0 Å². The second kappa shape index (κ2) is 6.15. The van der Waals surface area contributed by atoms with Gasteiger partial charge in [0.15, 0.2) is 11.6 Å². The van der Waals surface area contributed by atoms with E-state index < -0.39 is 0 Å². The van der Waals surface area contributed by atoms with Gasteiger partial charge in [-0.25, -0.2) is 9.37 Å². The topological polar surface area (TPSA) is 28.2 Å². The van der Waals surface area contributed by atoms with Crippen molar-refractivity contribution < 1.29 is 4.39 Å². The number of hydrogen-bond donors (Lipinski definition) is 1. The molecule has 0 fully saturated rings. The maximum Gasteiger partial charge on any atom is 0.166 e. The van der Waals surface area contributed by atoms with Crippen LogP contribution in [0.3, 0.4) is 0 Å². The molecule has 90 valence electrons.